The number of amides is 2. The topological polar surface area (TPSA) is 151 Å². The summed E-state index contributed by atoms with van der Waals surface area (Å²) in [7, 11) is 2.78. The first-order chi connectivity index (χ1) is 21.8. The molecule has 11 nitrogen and oxygen atoms in total. The van der Waals surface area contributed by atoms with Gasteiger partial charge in [0.05, 0.1) is 50.6 Å². The first kappa shape index (κ1) is 32.8. The summed E-state index contributed by atoms with van der Waals surface area (Å²) in [6.45, 7) is 0.380. The van der Waals surface area contributed by atoms with Gasteiger partial charge in [-0.25, -0.2) is 4.98 Å². The third-order valence-corrected chi connectivity index (χ3v) is 7.82. The second kappa shape index (κ2) is 12.7. The molecule has 4 N–H and O–H groups in total. The number of halogens is 4. The predicted molar refractivity (Wildman–Crippen MR) is 162 cm³/mol. The Morgan fingerprint density at radius 2 is 1.85 bits per heavy atom. The summed E-state index contributed by atoms with van der Waals surface area (Å²) in [4.78, 5) is 29.4. The molecule has 0 radical (unpaired) electrons. The predicted octanol–water partition coefficient (Wildman–Crippen LogP) is 4.71. The number of aliphatic hydroxyl groups is 1. The quantitative estimate of drug-likeness (QED) is 0.198. The van der Waals surface area contributed by atoms with Gasteiger partial charge in [-0.15, -0.1) is 0 Å². The first-order valence-corrected chi connectivity index (χ1v) is 14.6. The Hall–Kier alpha value is -4.56. The number of pyridine rings is 1. The van der Waals surface area contributed by atoms with Crippen molar-refractivity contribution in [1.29, 1.82) is 0 Å². The molecule has 2 heterocycles. The standard InChI is InChI=1S/C31H31ClF3N5O6/c1-4-46-28-17(13-25(36)41)12-24(38-27(28)16-5-8-22(44-2)21(32)10-16)30(43,31(33,34)35)15-37-29(42)18-9-19-14-40(20-6-7-20)39-26(19)23(11-18)45-3/h5,8-12,14,20,43H,4,6-7,13,15H2,1-3H3,(H2,36,41)(H,37,42)/t30-/m0/s1. The Morgan fingerprint density at radius 1 is 1.13 bits per heavy atom. The molecule has 1 aliphatic rings. The van der Waals surface area contributed by atoms with E-state index in [-0.39, 0.29) is 51.6 Å². The fraction of sp³-hybridized carbons (Fsp3) is 0.355. The third kappa shape index (κ3) is 6.40. The van der Waals surface area contributed by atoms with E-state index in [9.17, 15) is 27.9 Å². The number of primary amides is 1. The third-order valence-electron chi connectivity index (χ3n) is 7.52. The molecule has 0 saturated heterocycles. The SMILES string of the molecule is CCOc1c(CC(N)=O)cc([C@@](O)(CNC(=O)c2cc(OC)c3nn(C4CC4)cc3c2)C(F)(F)F)nc1-c1ccc(OC)c(Cl)c1. The van der Waals surface area contributed by atoms with Crippen molar-refractivity contribution in [2.75, 3.05) is 27.4 Å². The van der Waals surface area contributed by atoms with Crippen LogP contribution in [0.15, 0.2) is 42.6 Å². The van der Waals surface area contributed by atoms with Crippen molar-refractivity contribution >= 4 is 34.3 Å². The average molecular weight is 662 g/mol. The van der Waals surface area contributed by atoms with Crippen LogP contribution in [0.25, 0.3) is 22.2 Å². The van der Waals surface area contributed by atoms with Gasteiger partial charge in [-0.3, -0.25) is 14.3 Å². The van der Waals surface area contributed by atoms with E-state index in [0.29, 0.717) is 16.7 Å². The number of benzene rings is 2. The molecule has 2 aromatic carbocycles. The Labute approximate surface area is 266 Å². The molecular weight excluding hydrogens is 631 g/mol. The first-order valence-electron chi connectivity index (χ1n) is 14.2. The molecule has 1 saturated carbocycles. The molecule has 5 rings (SSSR count). The smallest absolute Gasteiger partial charge is 0.424 e. The monoisotopic (exact) mass is 661 g/mol. The molecule has 4 aromatic rings. The maximum Gasteiger partial charge on any atom is 0.424 e. The largest absolute Gasteiger partial charge is 0.495 e. The van der Waals surface area contributed by atoms with Crippen LogP contribution in [0.5, 0.6) is 17.2 Å². The number of nitrogens with two attached hydrogens (primary N) is 1. The van der Waals surface area contributed by atoms with Crippen molar-refractivity contribution in [2.45, 2.75) is 44.0 Å². The normalized spacial score (nSPS) is 14.5. The minimum atomic E-state index is -5.34. The zero-order valence-electron chi connectivity index (χ0n) is 25.1. The summed E-state index contributed by atoms with van der Waals surface area (Å²) >= 11 is 6.30. The summed E-state index contributed by atoms with van der Waals surface area (Å²) in [5, 5.41) is 18.7. The van der Waals surface area contributed by atoms with Crippen LogP contribution in [-0.2, 0) is 16.8 Å². The van der Waals surface area contributed by atoms with Crippen molar-refractivity contribution in [3.63, 3.8) is 0 Å². The number of ether oxygens (including phenoxy) is 3. The van der Waals surface area contributed by atoms with Gasteiger partial charge in [0.1, 0.15) is 28.5 Å². The Kier molecular flexibility index (Phi) is 9.05. The molecule has 46 heavy (non-hydrogen) atoms. The number of nitrogens with zero attached hydrogens (tertiary/aromatic N) is 3. The van der Waals surface area contributed by atoms with Gasteiger partial charge in [0.25, 0.3) is 5.91 Å². The second-order valence-corrected chi connectivity index (χ2v) is 11.2. The van der Waals surface area contributed by atoms with E-state index in [1.54, 1.807) is 17.8 Å². The number of alkyl halides is 3. The fourth-order valence-electron chi connectivity index (χ4n) is 5.01. The number of carbonyl (C=O) groups is 2. The highest BCUT2D eigenvalue weighted by Crippen LogP contribution is 2.43. The number of aromatic nitrogens is 3. The Morgan fingerprint density at radius 3 is 2.43 bits per heavy atom. The van der Waals surface area contributed by atoms with Gasteiger partial charge in [0, 0.05) is 28.3 Å². The highest BCUT2D eigenvalue weighted by molar-refractivity contribution is 6.32. The molecule has 0 aliphatic heterocycles. The van der Waals surface area contributed by atoms with Gasteiger partial charge < -0.3 is 30.4 Å². The molecule has 2 amide bonds. The molecule has 0 bridgehead atoms. The number of hydrogen-bond acceptors (Lipinski definition) is 8. The zero-order chi connectivity index (χ0) is 33.4. The lowest BCUT2D eigenvalue weighted by Crippen LogP contribution is -2.51. The summed E-state index contributed by atoms with van der Waals surface area (Å²) < 4.78 is 62.3. The van der Waals surface area contributed by atoms with Crippen molar-refractivity contribution in [3.8, 4) is 28.5 Å². The summed E-state index contributed by atoms with van der Waals surface area (Å²) in [5.74, 6) is -1.24. The van der Waals surface area contributed by atoms with Crippen LogP contribution >= 0.6 is 11.6 Å². The van der Waals surface area contributed by atoms with E-state index < -0.39 is 42.3 Å². The summed E-state index contributed by atoms with van der Waals surface area (Å²) in [6, 6.07) is 8.34. The number of methoxy groups -OCH3 is 2. The minimum Gasteiger partial charge on any atom is -0.495 e. The molecule has 1 fully saturated rings. The van der Waals surface area contributed by atoms with E-state index in [4.69, 9.17) is 31.5 Å². The van der Waals surface area contributed by atoms with Crippen LogP contribution in [-0.4, -0.2) is 65.2 Å². The van der Waals surface area contributed by atoms with Crippen molar-refractivity contribution in [2.24, 2.45) is 5.73 Å². The number of rotatable bonds is 12. The van der Waals surface area contributed by atoms with E-state index in [2.05, 4.69) is 15.4 Å². The maximum atomic E-state index is 14.8. The highest BCUT2D eigenvalue weighted by atomic mass is 35.5. The van der Waals surface area contributed by atoms with E-state index in [1.807, 2.05) is 0 Å². The van der Waals surface area contributed by atoms with Crippen LogP contribution in [0.2, 0.25) is 5.02 Å². The molecular formula is C31H31ClF3N5O6. The maximum absolute atomic E-state index is 14.8. The van der Waals surface area contributed by atoms with Crippen LogP contribution < -0.4 is 25.3 Å². The number of fused-ring (bicyclic) bond motifs is 1. The van der Waals surface area contributed by atoms with Gasteiger partial charge in [-0.1, -0.05) is 11.6 Å². The Bertz CT molecular complexity index is 1810. The average Bonchev–Trinajstić information content (AvgIpc) is 3.77. The van der Waals surface area contributed by atoms with Crippen molar-refractivity contribution < 1.29 is 42.1 Å². The number of nitrogens with one attached hydrogen (secondary N) is 1. The van der Waals surface area contributed by atoms with E-state index in [0.717, 1.165) is 18.9 Å². The van der Waals surface area contributed by atoms with Gasteiger partial charge in [0.15, 0.2) is 0 Å². The molecule has 15 heteroatoms. The molecule has 0 spiro atoms. The highest BCUT2D eigenvalue weighted by Gasteiger charge is 2.56. The Balaban J connectivity index is 1.56. The van der Waals surface area contributed by atoms with Crippen LogP contribution in [0, 0.1) is 0 Å². The van der Waals surface area contributed by atoms with E-state index >= 15 is 0 Å². The lowest BCUT2D eigenvalue weighted by Gasteiger charge is -2.31. The van der Waals surface area contributed by atoms with E-state index in [1.165, 1.54) is 44.6 Å². The molecule has 1 atom stereocenters. The van der Waals surface area contributed by atoms with Gasteiger partial charge >= 0.3 is 6.18 Å². The lowest BCUT2D eigenvalue weighted by atomic mass is 9.93. The zero-order valence-corrected chi connectivity index (χ0v) is 25.8. The minimum absolute atomic E-state index is 0.00754. The lowest BCUT2D eigenvalue weighted by molar-refractivity contribution is -0.265. The van der Waals surface area contributed by atoms with Crippen molar-refractivity contribution in [3.05, 3.63) is 64.4 Å². The molecule has 0 unspecified atom stereocenters. The van der Waals surface area contributed by atoms with Crippen LogP contribution in [0.1, 0.15) is 47.4 Å². The summed E-state index contributed by atoms with van der Waals surface area (Å²) in [5.41, 5.74) is 1.32. The van der Waals surface area contributed by atoms with Gasteiger partial charge in [-0.05, 0) is 56.2 Å². The second-order valence-electron chi connectivity index (χ2n) is 10.8. The van der Waals surface area contributed by atoms with Gasteiger partial charge in [0.2, 0.25) is 11.5 Å². The fourth-order valence-corrected chi connectivity index (χ4v) is 5.27. The van der Waals surface area contributed by atoms with Gasteiger partial charge in [-0.2, -0.15) is 18.3 Å². The van der Waals surface area contributed by atoms with Crippen molar-refractivity contribution in [1.82, 2.24) is 20.1 Å². The molecule has 244 valence electrons. The number of hydrogen-bond donors (Lipinski definition) is 3. The van der Waals surface area contributed by atoms with Crippen LogP contribution in [0.3, 0.4) is 0 Å². The molecule has 1 aliphatic carbocycles. The van der Waals surface area contributed by atoms with Crippen LogP contribution in [0.4, 0.5) is 13.2 Å². The summed E-state index contributed by atoms with van der Waals surface area (Å²) in [6.07, 6.45) is -2.20. The number of carbonyl (C=O) groups excluding carboxylic acids is 2. The molecule has 2 aromatic heterocycles.